The van der Waals surface area contributed by atoms with Gasteiger partial charge in [0.05, 0.1) is 5.66 Å². The van der Waals surface area contributed by atoms with Crippen LogP contribution in [0.2, 0.25) is 0 Å². The molecule has 0 fully saturated rings. The van der Waals surface area contributed by atoms with Crippen molar-refractivity contribution in [3.63, 3.8) is 0 Å². The lowest BCUT2D eigenvalue weighted by Gasteiger charge is -2.27. The number of hydrogen-bond donors (Lipinski definition) is 4. The molecule has 2 rings (SSSR count). The Balaban J connectivity index is 0.000000383. The first-order valence-corrected chi connectivity index (χ1v) is 7.62. The van der Waals surface area contributed by atoms with Crippen molar-refractivity contribution in [2.45, 2.75) is 25.9 Å². The van der Waals surface area contributed by atoms with E-state index in [0.717, 1.165) is 0 Å². The number of rotatable bonds is 1. The molecule has 21 heavy (non-hydrogen) atoms. The van der Waals surface area contributed by atoms with Crippen molar-refractivity contribution < 1.29 is 17.5 Å². The molecule has 116 valence electrons. The Bertz CT molecular complexity index is 668. The molecule has 0 radical (unpaired) electrons. The van der Waals surface area contributed by atoms with Crippen molar-refractivity contribution >= 4 is 16.0 Å². The predicted octanol–water partition coefficient (Wildman–Crippen LogP) is 1.69. The molecule has 1 aliphatic rings. The number of allylic oxidation sites excluding steroid dienone is 2. The SMILES string of the molecule is CC1=C(c2ccccc2C)C=CC(N)(N)C1.O=S(=O)(O)O. The highest BCUT2D eigenvalue weighted by molar-refractivity contribution is 7.79. The second kappa shape index (κ2) is 6.50. The molecule has 0 aliphatic heterocycles. The molecule has 0 spiro atoms. The number of nitrogens with two attached hydrogens (primary N) is 2. The molecule has 7 heteroatoms. The quantitative estimate of drug-likeness (QED) is 0.461. The summed E-state index contributed by atoms with van der Waals surface area (Å²) in [5.74, 6) is 0. The van der Waals surface area contributed by atoms with Gasteiger partial charge in [-0.15, -0.1) is 0 Å². The highest BCUT2D eigenvalue weighted by Crippen LogP contribution is 2.30. The first-order chi connectivity index (χ1) is 9.49. The van der Waals surface area contributed by atoms with Crippen LogP contribution in [0.4, 0.5) is 0 Å². The Kier molecular flexibility index (Phi) is 5.43. The standard InChI is InChI=1S/C14H18N2.H2O4S/c1-10-5-3-4-6-12(10)13-7-8-14(15,16)9-11(13)2;1-5(2,3)4/h3-8H,9,15-16H2,1-2H3;(H2,1,2,3,4). The first-order valence-electron chi connectivity index (χ1n) is 6.22. The van der Waals surface area contributed by atoms with E-state index in [4.69, 9.17) is 29.0 Å². The van der Waals surface area contributed by atoms with E-state index in [-0.39, 0.29) is 0 Å². The highest BCUT2D eigenvalue weighted by Gasteiger charge is 2.22. The van der Waals surface area contributed by atoms with E-state index in [1.165, 1.54) is 22.3 Å². The van der Waals surface area contributed by atoms with Crippen LogP contribution in [-0.4, -0.2) is 23.2 Å². The summed E-state index contributed by atoms with van der Waals surface area (Å²) in [5, 5.41) is 0. The lowest BCUT2D eigenvalue weighted by molar-refractivity contribution is 0.381. The summed E-state index contributed by atoms with van der Waals surface area (Å²) >= 11 is 0. The lowest BCUT2D eigenvalue weighted by atomic mass is 9.87. The van der Waals surface area contributed by atoms with Crippen molar-refractivity contribution in [2.24, 2.45) is 11.5 Å². The molecule has 0 unspecified atom stereocenters. The van der Waals surface area contributed by atoms with E-state index in [2.05, 4.69) is 38.1 Å². The minimum atomic E-state index is -4.67. The van der Waals surface area contributed by atoms with Crippen molar-refractivity contribution in [1.29, 1.82) is 0 Å². The van der Waals surface area contributed by atoms with Crippen LogP contribution >= 0.6 is 0 Å². The second-order valence-corrected chi connectivity index (χ2v) is 5.97. The van der Waals surface area contributed by atoms with Crippen LogP contribution < -0.4 is 11.5 Å². The van der Waals surface area contributed by atoms with Gasteiger partial charge in [0.15, 0.2) is 0 Å². The summed E-state index contributed by atoms with van der Waals surface area (Å²) in [5.41, 5.74) is 16.2. The molecule has 0 saturated carbocycles. The molecule has 6 nitrogen and oxygen atoms in total. The van der Waals surface area contributed by atoms with Crippen LogP contribution in [0.5, 0.6) is 0 Å². The molecule has 0 bridgehead atoms. The zero-order valence-corrected chi connectivity index (χ0v) is 12.8. The van der Waals surface area contributed by atoms with E-state index < -0.39 is 16.1 Å². The van der Waals surface area contributed by atoms with Crippen molar-refractivity contribution in [1.82, 2.24) is 0 Å². The zero-order chi connectivity index (χ0) is 16.3. The van der Waals surface area contributed by atoms with Crippen LogP contribution in [0.3, 0.4) is 0 Å². The molecule has 1 aliphatic carbocycles. The third-order valence-electron chi connectivity index (χ3n) is 3.03. The van der Waals surface area contributed by atoms with E-state index in [1.54, 1.807) is 0 Å². The maximum absolute atomic E-state index is 8.74. The predicted molar refractivity (Wildman–Crippen MR) is 82.8 cm³/mol. The molecule has 0 saturated heterocycles. The summed E-state index contributed by atoms with van der Waals surface area (Å²) in [6, 6.07) is 8.37. The van der Waals surface area contributed by atoms with Gasteiger partial charge in [-0.2, -0.15) is 8.42 Å². The lowest BCUT2D eigenvalue weighted by Crippen LogP contribution is -2.48. The molecular weight excluding hydrogens is 292 g/mol. The van der Waals surface area contributed by atoms with Crippen LogP contribution in [0.1, 0.15) is 24.5 Å². The van der Waals surface area contributed by atoms with Gasteiger partial charge in [-0.05, 0) is 36.6 Å². The van der Waals surface area contributed by atoms with Gasteiger partial charge in [-0.3, -0.25) is 9.11 Å². The van der Waals surface area contributed by atoms with Gasteiger partial charge in [0.25, 0.3) is 0 Å². The van der Waals surface area contributed by atoms with Gasteiger partial charge >= 0.3 is 10.4 Å². The van der Waals surface area contributed by atoms with Crippen LogP contribution in [-0.2, 0) is 10.4 Å². The van der Waals surface area contributed by atoms with E-state index in [9.17, 15) is 0 Å². The van der Waals surface area contributed by atoms with Crippen molar-refractivity contribution in [3.05, 3.63) is 53.1 Å². The van der Waals surface area contributed by atoms with Gasteiger partial charge in [0.1, 0.15) is 0 Å². The molecule has 1 aromatic rings. The Hall–Kier alpha value is -1.51. The van der Waals surface area contributed by atoms with Crippen LogP contribution in [0.25, 0.3) is 5.57 Å². The Morgan fingerprint density at radius 2 is 1.67 bits per heavy atom. The average Bonchev–Trinajstić information content (AvgIpc) is 2.27. The Morgan fingerprint density at radius 1 is 1.14 bits per heavy atom. The Morgan fingerprint density at radius 3 is 2.14 bits per heavy atom. The van der Waals surface area contributed by atoms with E-state index in [0.29, 0.717) is 6.42 Å². The molecule has 0 amide bonds. The maximum Gasteiger partial charge on any atom is 0.394 e. The number of aryl methyl sites for hydroxylation is 1. The molecule has 1 aromatic carbocycles. The molecule has 6 N–H and O–H groups in total. The molecule has 0 heterocycles. The monoisotopic (exact) mass is 312 g/mol. The van der Waals surface area contributed by atoms with Crippen molar-refractivity contribution in [3.8, 4) is 0 Å². The topological polar surface area (TPSA) is 127 Å². The fraction of sp³-hybridized carbons (Fsp3) is 0.286. The average molecular weight is 312 g/mol. The number of benzene rings is 1. The summed E-state index contributed by atoms with van der Waals surface area (Å²) < 4.78 is 31.6. The van der Waals surface area contributed by atoms with E-state index >= 15 is 0 Å². The first kappa shape index (κ1) is 17.5. The minimum Gasteiger partial charge on any atom is -0.310 e. The summed E-state index contributed by atoms with van der Waals surface area (Å²) in [6.45, 7) is 4.22. The maximum atomic E-state index is 8.74. The molecular formula is C14H20N2O4S. The second-order valence-electron chi connectivity index (χ2n) is 5.08. The summed E-state index contributed by atoms with van der Waals surface area (Å²) in [7, 11) is -4.67. The van der Waals surface area contributed by atoms with Gasteiger partial charge < -0.3 is 11.5 Å². The van der Waals surface area contributed by atoms with Crippen LogP contribution in [0.15, 0.2) is 42.0 Å². The van der Waals surface area contributed by atoms with Crippen LogP contribution in [0, 0.1) is 6.92 Å². The van der Waals surface area contributed by atoms with Gasteiger partial charge in [0.2, 0.25) is 0 Å². The largest absolute Gasteiger partial charge is 0.394 e. The molecule has 0 aromatic heterocycles. The smallest absolute Gasteiger partial charge is 0.310 e. The fourth-order valence-electron chi connectivity index (χ4n) is 2.19. The zero-order valence-electron chi connectivity index (χ0n) is 11.9. The highest BCUT2D eigenvalue weighted by atomic mass is 32.3. The fourth-order valence-corrected chi connectivity index (χ4v) is 2.19. The third kappa shape index (κ3) is 6.19. The van der Waals surface area contributed by atoms with Gasteiger partial charge in [-0.25, -0.2) is 0 Å². The molecule has 0 atom stereocenters. The summed E-state index contributed by atoms with van der Waals surface area (Å²) in [6.07, 6.45) is 4.65. The summed E-state index contributed by atoms with van der Waals surface area (Å²) in [4.78, 5) is 0. The van der Waals surface area contributed by atoms with Gasteiger partial charge in [0, 0.05) is 6.42 Å². The van der Waals surface area contributed by atoms with Gasteiger partial charge in [-0.1, -0.05) is 35.9 Å². The normalized spacial score (nSPS) is 17.2. The third-order valence-corrected chi connectivity index (χ3v) is 3.03. The number of hydrogen-bond acceptors (Lipinski definition) is 4. The van der Waals surface area contributed by atoms with E-state index in [1.807, 2.05) is 12.2 Å². The Labute approximate surface area is 124 Å². The minimum absolute atomic E-state index is 0.684. The van der Waals surface area contributed by atoms with Crippen molar-refractivity contribution in [2.75, 3.05) is 0 Å².